The van der Waals surface area contributed by atoms with E-state index in [2.05, 4.69) is 53.3 Å². The molecule has 0 aliphatic carbocycles. The van der Waals surface area contributed by atoms with E-state index < -0.39 is 0 Å². The van der Waals surface area contributed by atoms with Crippen LogP contribution in [0, 0.1) is 5.92 Å². The number of hydrogen-bond donors (Lipinski definition) is 0. The van der Waals surface area contributed by atoms with E-state index in [1.807, 2.05) is 29.3 Å². The summed E-state index contributed by atoms with van der Waals surface area (Å²) in [6.07, 6.45) is 5.41. The number of likely N-dealkylation sites (tertiary alicyclic amines) is 1. The first kappa shape index (κ1) is 23.1. The summed E-state index contributed by atoms with van der Waals surface area (Å²) in [5.74, 6) is 1.56. The first-order valence-electron chi connectivity index (χ1n) is 12.2. The molecule has 6 nitrogen and oxygen atoms in total. The van der Waals surface area contributed by atoms with Gasteiger partial charge in [0.25, 0.3) is 5.91 Å². The second-order valence-corrected chi connectivity index (χ2v) is 9.40. The predicted molar refractivity (Wildman–Crippen MR) is 136 cm³/mol. The van der Waals surface area contributed by atoms with Gasteiger partial charge in [0.2, 0.25) is 0 Å². The van der Waals surface area contributed by atoms with Gasteiger partial charge in [0, 0.05) is 43.7 Å². The Morgan fingerprint density at radius 3 is 2.83 bits per heavy atom. The van der Waals surface area contributed by atoms with E-state index in [9.17, 15) is 4.79 Å². The summed E-state index contributed by atoms with van der Waals surface area (Å²) >= 11 is 0. The summed E-state index contributed by atoms with van der Waals surface area (Å²) in [5.41, 5.74) is 3.51. The monoisotopic (exact) mass is 469 g/mol. The maximum Gasteiger partial charge on any atom is 0.289 e. The molecule has 1 fully saturated rings. The molecule has 1 saturated heterocycles. The minimum atomic E-state index is -0.0348. The highest BCUT2D eigenvalue weighted by Gasteiger charge is 2.26. The highest BCUT2D eigenvalue weighted by Crippen LogP contribution is 2.22. The standard InChI is InChI=1S/C29H31N3O3/c1-31(19-23-11-12-27-25(16-23)8-3-13-30-27)18-22-6-2-9-26(17-22)35-21-24-7-4-14-32(20-24)29(33)28-10-5-15-34-28/h2-3,5-6,8-13,15-17,24H,4,7,14,18-21H2,1H3/t24-/m1/s1. The van der Waals surface area contributed by atoms with Gasteiger partial charge in [0.15, 0.2) is 5.76 Å². The molecule has 0 bridgehead atoms. The topological polar surface area (TPSA) is 58.8 Å². The van der Waals surface area contributed by atoms with Crippen LogP contribution in [0.2, 0.25) is 0 Å². The number of ether oxygens (including phenoxy) is 1. The molecule has 0 saturated carbocycles. The Kier molecular flexibility index (Phi) is 7.09. The Bertz CT molecular complexity index is 1270. The number of carbonyl (C=O) groups is 1. The Morgan fingerprint density at radius 1 is 1.09 bits per heavy atom. The highest BCUT2D eigenvalue weighted by atomic mass is 16.5. The molecule has 5 rings (SSSR count). The molecule has 0 unspecified atom stereocenters. The van der Waals surface area contributed by atoms with Crippen molar-refractivity contribution in [2.75, 3.05) is 26.7 Å². The van der Waals surface area contributed by atoms with E-state index in [0.717, 1.165) is 43.7 Å². The second-order valence-electron chi connectivity index (χ2n) is 9.40. The number of pyridine rings is 1. The Hall–Kier alpha value is -3.64. The molecule has 1 amide bonds. The van der Waals surface area contributed by atoms with Gasteiger partial charge in [-0.15, -0.1) is 0 Å². The van der Waals surface area contributed by atoms with Crippen LogP contribution in [0.1, 0.15) is 34.5 Å². The zero-order valence-corrected chi connectivity index (χ0v) is 20.1. The van der Waals surface area contributed by atoms with Crippen LogP contribution in [-0.2, 0) is 13.1 Å². The van der Waals surface area contributed by atoms with Crippen molar-refractivity contribution in [2.24, 2.45) is 5.92 Å². The van der Waals surface area contributed by atoms with Gasteiger partial charge in [-0.05, 0) is 73.5 Å². The molecule has 6 heteroatoms. The van der Waals surface area contributed by atoms with Crippen LogP contribution in [0.25, 0.3) is 10.9 Å². The van der Waals surface area contributed by atoms with Crippen LogP contribution in [0.15, 0.2) is 83.6 Å². The van der Waals surface area contributed by atoms with E-state index in [0.29, 0.717) is 24.8 Å². The lowest BCUT2D eigenvalue weighted by Crippen LogP contribution is -2.41. The molecule has 2 aromatic carbocycles. The number of piperidine rings is 1. The first-order valence-corrected chi connectivity index (χ1v) is 12.2. The van der Waals surface area contributed by atoms with Crippen molar-refractivity contribution in [2.45, 2.75) is 25.9 Å². The average molecular weight is 470 g/mol. The molecular weight excluding hydrogens is 438 g/mol. The summed E-state index contributed by atoms with van der Waals surface area (Å²) in [6, 6.07) is 22.3. The molecule has 0 spiro atoms. The molecule has 180 valence electrons. The van der Waals surface area contributed by atoms with Crippen molar-refractivity contribution < 1.29 is 13.9 Å². The minimum absolute atomic E-state index is 0.0348. The van der Waals surface area contributed by atoms with Crippen molar-refractivity contribution in [3.63, 3.8) is 0 Å². The van der Waals surface area contributed by atoms with Crippen LogP contribution in [0.5, 0.6) is 5.75 Å². The maximum absolute atomic E-state index is 12.6. The number of fused-ring (bicyclic) bond motifs is 1. The van der Waals surface area contributed by atoms with Crippen LogP contribution in [0.3, 0.4) is 0 Å². The Labute approximate surface area is 206 Å². The van der Waals surface area contributed by atoms with Crippen LogP contribution >= 0.6 is 0 Å². The molecule has 3 heterocycles. The van der Waals surface area contributed by atoms with Crippen LogP contribution < -0.4 is 4.74 Å². The molecule has 0 N–H and O–H groups in total. The average Bonchev–Trinajstić information content (AvgIpc) is 3.42. The largest absolute Gasteiger partial charge is 0.493 e. The normalized spacial score (nSPS) is 16.1. The Morgan fingerprint density at radius 2 is 1.97 bits per heavy atom. The van der Waals surface area contributed by atoms with Gasteiger partial charge < -0.3 is 14.1 Å². The molecule has 1 aliphatic rings. The number of carbonyl (C=O) groups excluding carboxylic acids is 1. The quantitative estimate of drug-likeness (QED) is 0.346. The van der Waals surface area contributed by atoms with Gasteiger partial charge in [0.1, 0.15) is 5.75 Å². The zero-order valence-electron chi connectivity index (χ0n) is 20.1. The van der Waals surface area contributed by atoms with Crippen molar-refractivity contribution in [1.82, 2.24) is 14.8 Å². The molecule has 0 radical (unpaired) electrons. The maximum atomic E-state index is 12.6. The number of hydrogen-bond acceptors (Lipinski definition) is 5. The van der Waals surface area contributed by atoms with Gasteiger partial charge in [-0.3, -0.25) is 14.7 Å². The van der Waals surface area contributed by atoms with Crippen molar-refractivity contribution in [3.8, 4) is 5.75 Å². The van der Waals surface area contributed by atoms with Crippen molar-refractivity contribution in [3.05, 3.63) is 96.1 Å². The lowest BCUT2D eigenvalue weighted by molar-refractivity contribution is 0.0602. The number of furan rings is 1. The Balaban J connectivity index is 1.14. The molecular formula is C29H31N3O3. The summed E-state index contributed by atoms with van der Waals surface area (Å²) in [7, 11) is 2.13. The van der Waals surface area contributed by atoms with E-state index in [-0.39, 0.29) is 5.91 Å². The van der Waals surface area contributed by atoms with E-state index >= 15 is 0 Å². The zero-order chi connectivity index (χ0) is 24.0. The van der Waals surface area contributed by atoms with Crippen molar-refractivity contribution in [1.29, 1.82) is 0 Å². The third kappa shape index (κ3) is 5.89. The predicted octanol–water partition coefficient (Wildman–Crippen LogP) is 5.39. The highest BCUT2D eigenvalue weighted by molar-refractivity contribution is 5.91. The number of benzene rings is 2. The van der Waals surface area contributed by atoms with E-state index in [4.69, 9.17) is 9.15 Å². The summed E-state index contributed by atoms with van der Waals surface area (Å²) in [5, 5.41) is 1.17. The smallest absolute Gasteiger partial charge is 0.289 e. The fourth-order valence-electron chi connectivity index (χ4n) is 4.79. The number of aromatic nitrogens is 1. The SMILES string of the molecule is CN(Cc1cccc(OC[C@@H]2CCCN(C(=O)c3ccco3)C2)c1)Cc1ccc2ncccc2c1. The first-order chi connectivity index (χ1) is 17.1. The lowest BCUT2D eigenvalue weighted by atomic mass is 9.98. The molecule has 4 aromatic rings. The third-order valence-electron chi connectivity index (χ3n) is 6.49. The lowest BCUT2D eigenvalue weighted by Gasteiger charge is -2.32. The number of rotatable bonds is 8. The van der Waals surface area contributed by atoms with Gasteiger partial charge in [-0.2, -0.15) is 0 Å². The van der Waals surface area contributed by atoms with Gasteiger partial charge in [0.05, 0.1) is 18.4 Å². The fourth-order valence-corrected chi connectivity index (χ4v) is 4.79. The van der Waals surface area contributed by atoms with Crippen LogP contribution in [0.4, 0.5) is 0 Å². The number of nitrogens with zero attached hydrogens (tertiary/aromatic N) is 3. The van der Waals surface area contributed by atoms with Crippen LogP contribution in [-0.4, -0.2) is 47.4 Å². The van der Waals surface area contributed by atoms with E-state index in [1.165, 1.54) is 16.5 Å². The van der Waals surface area contributed by atoms with Crippen molar-refractivity contribution >= 4 is 16.8 Å². The molecule has 1 aliphatic heterocycles. The second kappa shape index (κ2) is 10.7. The van der Waals surface area contributed by atoms with E-state index in [1.54, 1.807) is 18.4 Å². The summed E-state index contributed by atoms with van der Waals surface area (Å²) in [6.45, 7) is 3.76. The molecule has 2 aromatic heterocycles. The summed E-state index contributed by atoms with van der Waals surface area (Å²) < 4.78 is 11.5. The number of amides is 1. The van der Waals surface area contributed by atoms with Gasteiger partial charge in [-0.25, -0.2) is 0 Å². The molecule has 35 heavy (non-hydrogen) atoms. The van der Waals surface area contributed by atoms with Gasteiger partial charge >= 0.3 is 0 Å². The third-order valence-corrected chi connectivity index (χ3v) is 6.49. The van der Waals surface area contributed by atoms with Gasteiger partial charge in [-0.1, -0.05) is 24.3 Å². The molecule has 1 atom stereocenters. The fraction of sp³-hybridized carbons (Fsp3) is 0.310. The summed E-state index contributed by atoms with van der Waals surface area (Å²) in [4.78, 5) is 21.2. The minimum Gasteiger partial charge on any atom is -0.493 e.